The molecule has 1 N–H and O–H groups in total. The minimum Gasteiger partial charge on any atom is -0.493 e. The Morgan fingerprint density at radius 1 is 0.935 bits per heavy atom. The number of methoxy groups -OCH3 is 2. The van der Waals surface area contributed by atoms with Gasteiger partial charge in [0.25, 0.3) is 5.91 Å². The highest BCUT2D eigenvalue weighted by molar-refractivity contribution is 5.83. The Bertz CT molecular complexity index is 1000. The van der Waals surface area contributed by atoms with Crippen molar-refractivity contribution in [1.82, 2.24) is 14.9 Å². The molecule has 0 atom stereocenters. The third-order valence-electron chi connectivity index (χ3n) is 4.97. The highest BCUT2D eigenvalue weighted by Crippen LogP contribution is 2.35. The van der Waals surface area contributed by atoms with Crippen molar-refractivity contribution in [2.75, 3.05) is 40.5 Å². The lowest BCUT2D eigenvalue weighted by atomic mass is 10.2. The summed E-state index contributed by atoms with van der Waals surface area (Å²) >= 11 is 0. The molecule has 166 valence electrons. The molecule has 8 heteroatoms. The Labute approximate surface area is 182 Å². The van der Waals surface area contributed by atoms with Crippen LogP contribution in [-0.4, -0.2) is 61.3 Å². The van der Waals surface area contributed by atoms with Crippen molar-refractivity contribution in [2.24, 2.45) is 0 Å². The van der Waals surface area contributed by atoms with E-state index in [4.69, 9.17) is 18.9 Å². The SMILES string of the molecule is CCOc1cc(-c2nc3cc(OC)c(OC)cc3[nH]2)ccc1OCC(=O)N(CC)CC. The zero-order chi connectivity index (χ0) is 22.4. The number of likely N-dealkylation sites (N-methyl/N-ethyl adjacent to an activating group) is 1. The zero-order valence-corrected chi connectivity index (χ0v) is 18.7. The number of benzene rings is 2. The van der Waals surface area contributed by atoms with Crippen molar-refractivity contribution in [2.45, 2.75) is 20.8 Å². The van der Waals surface area contributed by atoms with Crippen molar-refractivity contribution >= 4 is 16.9 Å². The van der Waals surface area contributed by atoms with E-state index < -0.39 is 0 Å². The van der Waals surface area contributed by atoms with Crippen LogP contribution in [0.5, 0.6) is 23.0 Å². The highest BCUT2D eigenvalue weighted by Gasteiger charge is 2.15. The average Bonchev–Trinajstić information content (AvgIpc) is 3.21. The van der Waals surface area contributed by atoms with Crippen LogP contribution in [0.2, 0.25) is 0 Å². The summed E-state index contributed by atoms with van der Waals surface area (Å²) in [5.41, 5.74) is 2.42. The van der Waals surface area contributed by atoms with Gasteiger partial charge in [0.05, 0.1) is 31.9 Å². The van der Waals surface area contributed by atoms with Gasteiger partial charge in [-0.25, -0.2) is 4.98 Å². The second kappa shape index (κ2) is 10.1. The minimum atomic E-state index is -0.0586. The van der Waals surface area contributed by atoms with Crippen molar-refractivity contribution in [1.29, 1.82) is 0 Å². The topological polar surface area (TPSA) is 85.9 Å². The fourth-order valence-electron chi connectivity index (χ4n) is 3.32. The van der Waals surface area contributed by atoms with Crippen LogP contribution in [-0.2, 0) is 4.79 Å². The molecule has 0 aliphatic rings. The first kappa shape index (κ1) is 22.3. The van der Waals surface area contributed by atoms with Gasteiger partial charge in [0.2, 0.25) is 0 Å². The lowest BCUT2D eigenvalue weighted by Crippen LogP contribution is -2.34. The van der Waals surface area contributed by atoms with E-state index in [-0.39, 0.29) is 12.5 Å². The third-order valence-corrected chi connectivity index (χ3v) is 4.97. The summed E-state index contributed by atoms with van der Waals surface area (Å²) in [7, 11) is 3.19. The first-order valence-corrected chi connectivity index (χ1v) is 10.3. The number of ether oxygens (including phenoxy) is 4. The molecule has 3 aromatic rings. The van der Waals surface area contributed by atoms with Crippen LogP contribution in [0.15, 0.2) is 30.3 Å². The summed E-state index contributed by atoms with van der Waals surface area (Å²) in [4.78, 5) is 22.0. The largest absolute Gasteiger partial charge is 0.493 e. The minimum absolute atomic E-state index is 0.0364. The standard InChI is InChI=1S/C23H29N3O5/c1-6-26(7-2)22(27)14-31-18-10-9-15(11-21(18)30-8-3)23-24-16-12-19(28-4)20(29-5)13-17(16)25-23/h9-13H,6-8,14H2,1-5H3,(H,24,25). The summed E-state index contributed by atoms with van der Waals surface area (Å²) in [6.45, 7) is 7.52. The number of amides is 1. The van der Waals surface area contributed by atoms with Crippen molar-refractivity contribution in [3.05, 3.63) is 30.3 Å². The molecule has 2 aromatic carbocycles. The average molecular weight is 428 g/mol. The van der Waals surface area contributed by atoms with E-state index in [0.29, 0.717) is 48.5 Å². The normalized spacial score (nSPS) is 10.7. The number of hydrogen-bond acceptors (Lipinski definition) is 6. The summed E-state index contributed by atoms with van der Waals surface area (Å²) in [6, 6.07) is 9.21. The number of aromatic nitrogens is 2. The maximum absolute atomic E-state index is 12.3. The molecular weight excluding hydrogens is 398 g/mol. The fraction of sp³-hybridized carbons (Fsp3) is 0.391. The number of aromatic amines is 1. The molecule has 0 radical (unpaired) electrons. The molecule has 1 heterocycles. The van der Waals surface area contributed by atoms with Crippen LogP contribution in [0.3, 0.4) is 0 Å². The van der Waals surface area contributed by atoms with E-state index in [1.165, 1.54) is 0 Å². The predicted octanol–water partition coefficient (Wildman–Crippen LogP) is 3.89. The molecule has 31 heavy (non-hydrogen) atoms. The van der Waals surface area contributed by atoms with Crippen LogP contribution < -0.4 is 18.9 Å². The maximum atomic E-state index is 12.3. The number of H-pyrrole nitrogens is 1. The van der Waals surface area contributed by atoms with Gasteiger partial charge in [-0.2, -0.15) is 0 Å². The Kier molecular flexibility index (Phi) is 7.23. The van der Waals surface area contributed by atoms with Crippen LogP contribution >= 0.6 is 0 Å². The third kappa shape index (κ3) is 4.84. The van der Waals surface area contributed by atoms with Gasteiger partial charge in [-0.15, -0.1) is 0 Å². The van der Waals surface area contributed by atoms with Gasteiger partial charge in [-0.1, -0.05) is 0 Å². The lowest BCUT2D eigenvalue weighted by Gasteiger charge is -2.19. The van der Waals surface area contributed by atoms with E-state index >= 15 is 0 Å². The molecule has 0 saturated heterocycles. The Balaban J connectivity index is 1.88. The van der Waals surface area contributed by atoms with E-state index in [9.17, 15) is 4.79 Å². The quantitative estimate of drug-likeness (QED) is 0.528. The number of hydrogen-bond donors (Lipinski definition) is 1. The molecule has 8 nitrogen and oxygen atoms in total. The number of carbonyl (C=O) groups excluding carboxylic acids is 1. The highest BCUT2D eigenvalue weighted by atomic mass is 16.5. The second-order valence-electron chi connectivity index (χ2n) is 6.76. The van der Waals surface area contributed by atoms with Crippen LogP contribution in [0.1, 0.15) is 20.8 Å². The Hall–Kier alpha value is -3.42. The molecule has 0 aliphatic heterocycles. The van der Waals surface area contributed by atoms with Gasteiger partial charge in [0, 0.05) is 30.8 Å². The first-order valence-electron chi connectivity index (χ1n) is 10.3. The lowest BCUT2D eigenvalue weighted by molar-refractivity contribution is -0.132. The van der Waals surface area contributed by atoms with Gasteiger partial charge in [-0.05, 0) is 39.0 Å². The molecule has 3 rings (SSSR count). The number of carbonyl (C=O) groups is 1. The van der Waals surface area contributed by atoms with Gasteiger partial charge in [0.15, 0.2) is 29.6 Å². The summed E-state index contributed by atoms with van der Waals surface area (Å²) < 4.78 is 22.3. The van der Waals surface area contributed by atoms with Gasteiger partial charge >= 0.3 is 0 Å². The van der Waals surface area contributed by atoms with Crippen molar-refractivity contribution in [3.8, 4) is 34.4 Å². The number of fused-ring (bicyclic) bond motifs is 1. The van der Waals surface area contributed by atoms with Crippen molar-refractivity contribution < 1.29 is 23.7 Å². The first-order chi connectivity index (χ1) is 15.0. The molecule has 0 bridgehead atoms. The van der Waals surface area contributed by atoms with E-state index in [0.717, 1.165) is 16.6 Å². The summed E-state index contributed by atoms with van der Waals surface area (Å²) in [5, 5.41) is 0. The van der Waals surface area contributed by atoms with E-state index in [1.807, 2.05) is 45.0 Å². The maximum Gasteiger partial charge on any atom is 0.260 e. The number of imidazole rings is 1. The smallest absolute Gasteiger partial charge is 0.260 e. The molecule has 0 spiro atoms. The van der Waals surface area contributed by atoms with Gasteiger partial charge < -0.3 is 28.8 Å². The molecule has 0 saturated carbocycles. The Morgan fingerprint density at radius 3 is 2.29 bits per heavy atom. The monoisotopic (exact) mass is 427 g/mol. The number of nitrogens with one attached hydrogen (secondary N) is 1. The molecule has 1 amide bonds. The van der Waals surface area contributed by atoms with Crippen LogP contribution in [0.4, 0.5) is 0 Å². The van der Waals surface area contributed by atoms with Gasteiger partial charge in [0.1, 0.15) is 5.82 Å². The van der Waals surface area contributed by atoms with Crippen molar-refractivity contribution in [3.63, 3.8) is 0 Å². The number of nitrogens with zero attached hydrogens (tertiary/aromatic N) is 2. The molecule has 0 unspecified atom stereocenters. The molecule has 0 fully saturated rings. The van der Waals surface area contributed by atoms with E-state index in [2.05, 4.69) is 9.97 Å². The summed E-state index contributed by atoms with van der Waals surface area (Å²) in [5.74, 6) is 2.94. The molecule has 0 aliphatic carbocycles. The van der Waals surface area contributed by atoms with Crippen LogP contribution in [0.25, 0.3) is 22.4 Å². The number of rotatable bonds is 10. The second-order valence-corrected chi connectivity index (χ2v) is 6.76. The predicted molar refractivity (Wildman–Crippen MR) is 119 cm³/mol. The van der Waals surface area contributed by atoms with Crippen LogP contribution in [0, 0.1) is 0 Å². The summed E-state index contributed by atoms with van der Waals surface area (Å²) in [6.07, 6.45) is 0. The van der Waals surface area contributed by atoms with E-state index in [1.54, 1.807) is 25.2 Å². The molecule has 1 aromatic heterocycles. The molecular formula is C23H29N3O5. The zero-order valence-electron chi connectivity index (χ0n) is 18.7. The Morgan fingerprint density at radius 2 is 1.65 bits per heavy atom. The van der Waals surface area contributed by atoms with Gasteiger partial charge in [-0.3, -0.25) is 4.79 Å². The fourth-order valence-corrected chi connectivity index (χ4v) is 3.32.